The molecule has 1 aliphatic heterocycles. The number of carbonyl (C=O) groups excluding carboxylic acids is 2. The van der Waals surface area contributed by atoms with Gasteiger partial charge in [0.15, 0.2) is 0 Å². The Morgan fingerprint density at radius 2 is 1.80 bits per heavy atom. The smallest absolute Gasteiger partial charge is 0.233 e. The van der Waals surface area contributed by atoms with Crippen LogP contribution in [0.1, 0.15) is 27.2 Å². The zero-order chi connectivity index (χ0) is 11.4. The molecule has 1 aliphatic carbocycles. The lowest BCUT2D eigenvalue weighted by atomic mass is 9.89. The number of likely N-dealkylation sites (tertiary alicyclic amines) is 1. The summed E-state index contributed by atoms with van der Waals surface area (Å²) in [4.78, 5) is 24.5. The lowest BCUT2D eigenvalue weighted by Gasteiger charge is -2.29. The molecule has 15 heavy (non-hydrogen) atoms. The van der Waals surface area contributed by atoms with E-state index in [4.69, 9.17) is 0 Å². The lowest BCUT2D eigenvalue weighted by Crippen LogP contribution is -2.43. The number of aliphatic hydroxyl groups excluding tert-OH is 1. The zero-order valence-corrected chi connectivity index (χ0v) is 9.36. The second kappa shape index (κ2) is 3.04. The van der Waals surface area contributed by atoms with Crippen LogP contribution in [0.3, 0.4) is 0 Å². The molecule has 4 nitrogen and oxygen atoms in total. The van der Waals surface area contributed by atoms with Gasteiger partial charge in [-0.15, -0.1) is 0 Å². The lowest BCUT2D eigenvalue weighted by molar-refractivity contribution is -0.144. The van der Waals surface area contributed by atoms with Crippen LogP contribution in [-0.4, -0.2) is 34.5 Å². The monoisotopic (exact) mass is 211 g/mol. The molecule has 2 aliphatic rings. The number of fused-ring (bicyclic) bond motifs is 1. The highest BCUT2D eigenvalue weighted by atomic mass is 16.3. The molecule has 0 spiro atoms. The second-order valence-electron chi connectivity index (χ2n) is 5.62. The standard InChI is InChI=1S/C11H17NO3/c1-11(2,3)8(13)5-12-9(14)6-4-7(6)10(12)15/h6-8,13H,4-5H2,1-3H3. The van der Waals surface area contributed by atoms with Gasteiger partial charge in [0.25, 0.3) is 0 Å². The molecule has 4 heteroatoms. The number of amides is 2. The molecule has 84 valence electrons. The molecule has 1 N–H and O–H groups in total. The summed E-state index contributed by atoms with van der Waals surface area (Å²) < 4.78 is 0. The second-order valence-corrected chi connectivity index (χ2v) is 5.62. The first-order valence-corrected chi connectivity index (χ1v) is 5.35. The van der Waals surface area contributed by atoms with Crippen LogP contribution >= 0.6 is 0 Å². The van der Waals surface area contributed by atoms with E-state index in [0.717, 1.165) is 6.42 Å². The molecular weight excluding hydrogens is 194 g/mol. The molecule has 3 atom stereocenters. The van der Waals surface area contributed by atoms with Crippen molar-refractivity contribution in [1.82, 2.24) is 4.90 Å². The molecule has 3 unspecified atom stereocenters. The first kappa shape index (κ1) is 10.6. The number of imide groups is 1. The van der Waals surface area contributed by atoms with Crippen molar-refractivity contribution in [3.05, 3.63) is 0 Å². The number of hydrogen-bond donors (Lipinski definition) is 1. The van der Waals surface area contributed by atoms with Crippen LogP contribution < -0.4 is 0 Å². The van der Waals surface area contributed by atoms with Crippen molar-refractivity contribution in [2.24, 2.45) is 17.3 Å². The molecule has 2 amide bonds. The highest BCUT2D eigenvalue weighted by molar-refractivity contribution is 6.08. The first-order valence-electron chi connectivity index (χ1n) is 5.35. The van der Waals surface area contributed by atoms with Crippen LogP contribution in [0.15, 0.2) is 0 Å². The minimum Gasteiger partial charge on any atom is -0.391 e. The fraction of sp³-hybridized carbons (Fsp3) is 0.818. The van der Waals surface area contributed by atoms with E-state index >= 15 is 0 Å². The Balaban J connectivity index is 2.01. The Morgan fingerprint density at radius 1 is 1.33 bits per heavy atom. The van der Waals surface area contributed by atoms with Crippen molar-refractivity contribution in [1.29, 1.82) is 0 Å². The normalized spacial score (nSPS) is 31.9. The molecule has 2 fully saturated rings. The first-order chi connectivity index (χ1) is 6.82. The van der Waals surface area contributed by atoms with E-state index in [1.54, 1.807) is 0 Å². The third kappa shape index (κ3) is 1.67. The molecule has 0 bridgehead atoms. The predicted molar refractivity (Wildman–Crippen MR) is 53.8 cm³/mol. The fourth-order valence-electron chi connectivity index (χ4n) is 1.88. The average molecular weight is 211 g/mol. The largest absolute Gasteiger partial charge is 0.391 e. The van der Waals surface area contributed by atoms with Gasteiger partial charge < -0.3 is 5.11 Å². The quantitative estimate of drug-likeness (QED) is 0.672. The Kier molecular flexibility index (Phi) is 2.15. The summed E-state index contributed by atoms with van der Waals surface area (Å²) in [7, 11) is 0. The predicted octanol–water partition coefficient (Wildman–Crippen LogP) is 0.398. The Bertz CT molecular complexity index is 298. The third-order valence-corrected chi connectivity index (χ3v) is 3.31. The number of aliphatic hydroxyl groups is 1. The van der Waals surface area contributed by atoms with Crippen molar-refractivity contribution in [2.45, 2.75) is 33.3 Å². The van der Waals surface area contributed by atoms with Gasteiger partial charge in [0, 0.05) is 0 Å². The van der Waals surface area contributed by atoms with E-state index in [-0.39, 0.29) is 35.6 Å². The van der Waals surface area contributed by atoms with Crippen LogP contribution in [0.4, 0.5) is 0 Å². The SMILES string of the molecule is CC(C)(C)C(O)CN1C(=O)C2CC2C1=O. The molecule has 1 saturated carbocycles. The maximum atomic E-state index is 11.6. The Hall–Kier alpha value is -0.900. The van der Waals surface area contributed by atoms with Gasteiger partial charge in [-0.25, -0.2) is 0 Å². The van der Waals surface area contributed by atoms with E-state index in [0.29, 0.717) is 0 Å². The highest BCUT2D eigenvalue weighted by Crippen LogP contribution is 2.47. The Labute approximate surface area is 89.3 Å². The van der Waals surface area contributed by atoms with Crippen molar-refractivity contribution >= 4 is 11.8 Å². The van der Waals surface area contributed by atoms with Crippen LogP contribution in [0, 0.1) is 17.3 Å². The minimum atomic E-state index is -0.650. The van der Waals surface area contributed by atoms with E-state index < -0.39 is 6.10 Å². The zero-order valence-electron chi connectivity index (χ0n) is 9.36. The van der Waals surface area contributed by atoms with E-state index in [1.807, 2.05) is 20.8 Å². The molecule has 0 aromatic heterocycles. The van der Waals surface area contributed by atoms with E-state index in [1.165, 1.54) is 4.90 Å². The summed E-state index contributed by atoms with van der Waals surface area (Å²) in [5.74, 6) is -0.309. The summed E-state index contributed by atoms with van der Waals surface area (Å²) in [6.07, 6.45) is 0.0719. The number of piperidine rings is 1. The van der Waals surface area contributed by atoms with Crippen LogP contribution in [0.25, 0.3) is 0 Å². The maximum Gasteiger partial charge on any atom is 0.233 e. The number of β-amino-alcohol motifs (C(OH)–C–C–N with tert-alkyl or cyclic N) is 1. The summed E-state index contributed by atoms with van der Waals surface area (Å²) in [6, 6.07) is 0. The van der Waals surface area contributed by atoms with E-state index in [9.17, 15) is 14.7 Å². The minimum absolute atomic E-state index is 0.0651. The van der Waals surface area contributed by atoms with Crippen molar-refractivity contribution in [2.75, 3.05) is 6.54 Å². The van der Waals surface area contributed by atoms with Gasteiger partial charge in [0.2, 0.25) is 11.8 Å². The van der Waals surface area contributed by atoms with Crippen LogP contribution in [-0.2, 0) is 9.59 Å². The number of hydrogen-bond acceptors (Lipinski definition) is 3. The molecule has 0 aromatic rings. The highest BCUT2D eigenvalue weighted by Gasteiger charge is 2.59. The van der Waals surface area contributed by atoms with Crippen LogP contribution in [0.2, 0.25) is 0 Å². The summed E-state index contributed by atoms with van der Waals surface area (Å²) in [6.45, 7) is 5.82. The summed E-state index contributed by atoms with van der Waals surface area (Å²) >= 11 is 0. The maximum absolute atomic E-state index is 11.6. The average Bonchev–Trinajstić information content (AvgIpc) is 2.84. The molecule has 0 radical (unpaired) electrons. The van der Waals surface area contributed by atoms with Gasteiger partial charge in [-0.3, -0.25) is 14.5 Å². The van der Waals surface area contributed by atoms with Gasteiger partial charge in [-0.2, -0.15) is 0 Å². The van der Waals surface area contributed by atoms with Crippen LogP contribution in [0.5, 0.6) is 0 Å². The third-order valence-electron chi connectivity index (χ3n) is 3.31. The van der Waals surface area contributed by atoms with Gasteiger partial charge in [-0.1, -0.05) is 20.8 Å². The van der Waals surface area contributed by atoms with Gasteiger partial charge in [0.05, 0.1) is 24.5 Å². The van der Waals surface area contributed by atoms with E-state index in [2.05, 4.69) is 0 Å². The van der Waals surface area contributed by atoms with Gasteiger partial charge in [-0.05, 0) is 11.8 Å². The molecular formula is C11H17NO3. The molecule has 0 aromatic carbocycles. The van der Waals surface area contributed by atoms with Crippen molar-refractivity contribution < 1.29 is 14.7 Å². The number of carbonyl (C=O) groups is 2. The number of nitrogens with zero attached hydrogens (tertiary/aromatic N) is 1. The topological polar surface area (TPSA) is 57.6 Å². The summed E-state index contributed by atoms with van der Waals surface area (Å²) in [5.41, 5.74) is -0.298. The van der Waals surface area contributed by atoms with Crippen molar-refractivity contribution in [3.8, 4) is 0 Å². The van der Waals surface area contributed by atoms with Crippen molar-refractivity contribution in [3.63, 3.8) is 0 Å². The molecule has 1 saturated heterocycles. The molecule has 1 heterocycles. The van der Waals surface area contributed by atoms with Gasteiger partial charge in [0.1, 0.15) is 0 Å². The Morgan fingerprint density at radius 3 is 2.20 bits per heavy atom. The van der Waals surface area contributed by atoms with Gasteiger partial charge >= 0.3 is 0 Å². The summed E-state index contributed by atoms with van der Waals surface area (Å²) in [5, 5.41) is 9.84. The molecule has 2 rings (SSSR count). The fourth-order valence-corrected chi connectivity index (χ4v) is 1.88. The number of rotatable bonds is 2.